The van der Waals surface area contributed by atoms with Crippen molar-refractivity contribution in [2.75, 3.05) is 31.1 Å². The predicted molar refractivity (Wildman–Crippen MR) is 130 cm³/mol. The van der Waals surface area contributed by atoms with Crippen LogP contribution in [0.25, 0.3) is 28.4 Å². The van der Waals surface area contributed by atoms with Crippen molar-refractivity contribution in [1.82, 2.24) is 14.5 Å². The standard InChI is InChI=1S/C27H26N4O/c1-29-26(21-9-4-2-5-10-21)23(24-13-8-16-28-27(24)29)14-15-25(32)31-19-17-30(18-20-31)22-11-6-3-7-12-22/h2-16H,17-20H2,1H3/b15-14+/i1D3. The molecule has 1 aliphatic rings. The average Bonchev–Trinajstić information content (AvgIpc) is 3.23. The lowest BCUT2D eigenvalue weighted by molar-refractivity contribution is -0.126. The minimum Gasteiger partial charge on any atom is -0.368 e. The number of pyridine rings is 1. The lowest BCUT2D eigenvalue weighted by Gasteiger charge is -2.35. The Hall–Kier alpha value is -3.86. The second kappa shape index (κ2) is 8.71. The van der Waals surface area contributed by atoms with E-state index in [0.29, 0.717) is 35.4 Å². The third-order valence-corrected chi connectivity index (χ3v) is 5.92. The number of benzene rings is 2. The summed E-state index contributed by atoms with van der Waals surface area (Å²) >= 11 is 0. The van der Waals surface area contributed by atoms with Crippen LogP contribution >= 0.6 is 0 Å². The van der Waals surface area contributed by atoms with Gasteiger partial charge in [-0.1, -0.05) is 48.5 Å². The Morgan fingerprint density at radius 3 is 2.38 bits per heavy atom. The number of piperazine rings is 1. The van der Waals surface area contributed by atoms with Gasteiger partial charge in [0.2, 0.25) is 5.91 Å². The molecule has 1 saturated heterocycles. The number of hydrogen-bond acceptors (Lipinski definition) is 3. The van der Waals surface area contributed by atoms with Gasteiger partial charge < -0.3 is 14.4 Å². The number of amides is 1. The number of anilines is 1. The Morgan fingerprint density at radius 2 is 1.66 bits per heavy atom. The number of carbonyl (C=O) groups excluding carboxylic acids is 1. The van der Waals surface area contributed by atoms with Crippen molar-refractivity contribution < 1.29 is 8.91 Å². The zero-order valence-electron chi connectivity index (χ0n) is 20.7. The lowest BCUT2D eigenvalue weighted by Crippen LogP contribution is -2.48. The van der Waals surface area contributed by atoms with Gasteiger partial charge in [0.25, 0.3) is 0 Å². The van der Waals surface area contributed by atoms with Gasteiger partial charge in [-0.3, -0.25) is 4.79 Å². The first-order chi connectivity index (χ1) is 16.9. The Labute approximate surface area is 192 Å². The fraction of sp³-hybridized carbons (Fsp3) is 0.185. The first-order valence-electron chi connectivity index (χ1n) is 12.3. The molecule has 4 aromatic rings. The van der Waals surface area contributed by atoms with Gasteiger partial charge in [-0.25, -0.2) is 4.98 Å². The molecule has 5 nitrogen and oxygen atoms in total. The van der Waals surface area contributed by atoms with Gasteiger partial charge in [0.05, 0.1) is 5.69 Å². The third kappa shape index (κ3) is 3.78. The molecular formula is C27H26N4O. The van der Waals surface area contributed by atoms with Crippen molar-refractivity contribution in [3.05, 3.63) is 90.6 Å². The van der Waals surface area contributed by atoms with Crippen LogP contribution in [0, 0.1) is 0 Å². The zero-order chi connectivity index (χ0) is 24.4. The molecule has 1 fully saturated rings. The number of carbonyl (C=O) groups is 1. The molecule has 2 aromatic heterocycles. The van der Waals surface area contributed by atoms with E-state index in [1.54, 1.807) is 24.4 Å². The highest BCUT2D eigenvalue weighted by atomic mass is 16.2. The molecule has 160 valence electrons. The Kier molecular flexibility index (Phi) is 4.57. The molecule has 0 aliphatic carbocycles. The number of aryl methyl sites for hydroxylation is 1. The number of nitrogens with zero attached hydrogens (tertiary/aromatic N) is 4. The fourth-order valence-corrected chi connectivity index (χ4v) is 4.27. The van der Waals surface area contributed by atoms with Crippen molar-refractivity contribution in [1.29, 1.82) is 0 Å². The molecule has 1 aliphatic heterocycles. The number of para-hydroxylation sites is 1. The molecule has 0 bridgehead atoms. The second-order valence-electron chi connectivity index (χ2n) is 7.82. The van der Waals surface area contributed by atoms with E-state index in [1.165, 1.54) is 4.57 Å². The van der Waals surface area contributed by atoms with Crippen LogP contribution in [0.1, 0.15) is 9.68 Å². The quantitative estimate of drug-likeness (QED) is 0.449. The Balaban J connectivity index is 1.46. The predicted octanol–water partition coefficient (Wildman–Crippen LogP) is 4.60. The molecule has 0 atom stereocenters. The summed E-state index contributed by atoms with van der Waals surface area (Å²) < 4.78 is 25.8. The third-order valence-electron chi connectivity index (χ3n) is 5.92. The summed E-state index contributed by atoms with van der Waals surface area (Å²) in [5, 5.41) is 0.695. The highest BCUT2D eigenvalue weighted by Gasteiger charge is 2.20. The Bertz CT molecular complexity index is 1360. The average molecular weight is 426 g/mol. The fourth-order valence-electron chi connectivity index (χ4n) is 4.27. The molecule has 2 aromatic carbocycles. The minimum atomic E-state index is -2.43. The topological polar surface area (TPSA) is 41.4 Å². The van der Waals surface area contributed by atoms with Gasteiger partial charge in [0.15, 0.2) is 0 Å². The molecule has 0 saturated carbocycles. The van der Waals surface area contributed by atoms with Crippen molar-refractivity contribution in [2.24, 2.45) is 6.98 Å². The van der Waals surface area contributed by atoms with Gasteiger partial charge in [-0.05, 0) is 35.9 Å². The lowest BCUT2D eigenvalue weighted by atomic mass is 10.1. The van der Waals surface area contributed by atoms with Crippen LogP contribution in [0.15, 0.2) is 85.1 Å². The largest absolute Gasteiger partial charge is 0.368 e. The van der Waals surface area contributed by atoms with Gasteiger partial charge in [0.1, 0.15) is 5.65 Å². The van der Waals surface area contributed by atoms with Crippen molar-refractivity contribution in [2.45, 2.75) is 0 Å². The molecule has 5 heteroatoms. The maximum Gasteiger partial charge on any atom is 0.246 e. The summed E-state index contributed by atoms with van der Waals surface area (Å²) in [5.41, 5.74) is 3.48. The van der Waals surface area contributed by atoms with E-state index in [1.807, 2.05) is 59.5 Å². The SMILES string of the molecule is [2H]C([2H])([2H])n1c(-c2ccccc2)c(/C=C/C(=O)N2CCN(c3ccccc3)CC2)c2cccnc21. The van der Waals surface area contributed by atoms with Crippen molar-refractivity contribution in [3.8, 4) is 11.3 Å². The van der Waals surface area contributed by atoms with Crippen LogP contribution in [0.3, 0.4) is 0 Å². The van der Waals surface area contributed by atoms with Crippen molar-refractivity contribution in [3.63, 3.8) is 0 Å². The molecule has 0 radical (unpaired) electrons. The number of rotatable bonds is 4. The number of fused-ring (bicyclic) bond motifs is 1. The van der Waals surface area contributed by atoms with Crippen LogP contribution < -0.4 is 4.90 Å². The maximum atomic E-state index is 13.1. The minimum absolute atomic E-state index is 0.0876. The van der Waals surface area contributed by atoms with Crippen LogP contribution in [0.2, 0.25) is 0 Å². The van der Waals surface area contributed by atoms with E-state index in [-0.39, 0.29) is 5.91 Å². The summed E-state index contributed by atoms with van der Waals surface area (Å²) in [4.78, 5) is 21.6. The van der Waals surface area contributed by atoms with E-state index < -0.39 is 6.98 Å². The molecule has 0 spiro atoms. The van der Waals surface area contributed by atoms with Gasteiger partial charge in [-0.2, -0.15) is 0 Å². The summed E-state index contributed by atoms with van der Waals surface area (Å²) in [6.45, 7) is 0.355. The highest BCUT2D eigenvalue weighted by Crippen LogP contribution is 2.33. The normalized spacial score (nSPS) is 16.2. The summed E-state index contributed by atoms with van der Waals surface area (Å²) in [7, 11) is 0. The van der Waals surface area contributed by atoms with E-state index in [2.05, 4.69) is 22.0 Å². The zero-order valence-corrected chi connectivity index (χ0v) is 17.7. The molecule has 0 N–H and O–H groups in total. The van der Waals surface area contributed by atoms with Crippen molar-refractivity contribution >= 4 is 28.7 Å². The molecule has 1 amide bonds. The van der Waals surface area contributed by atoms with Crippen LogP contribution in [0.4, 0.5) is 5.69 Å². The monoisotopic (exact) mass is 425 g/mol. The molecule has 0 unspecified atom stereocenters. The van der Waals surface area contributed by atoms with E-state index in [4.69, 9.17) is 4.11 Å². The number of aromatic nitrogens is 2. The van der Waals surface area contributed by atoms with Gasteiger partial charge >= 0.3 is 0 Å². The first-order valence-corrected chi connectivity index (χ1v) is 10.8. The Morgan fingerprint density at radius 1 is 0.938 bits per heavy atom. The smallest absolute Gasteiger partial charge is 0.246 e. The van der Waals surface area contributed by atoms with Gasteiger partial charge in [0, 0.05) is 66.2 Å². The summed E-state index contributed by atoms with van der Waals surface area (Å²) in [5.74, 6) is -0.0876. The molecular weight excluding hydrogens is 396 g/mol. The van der Waals surface area contributed by atoms with E-state index >= 15 is 0 Å². The van der Waals surface area contributed by atoms with Crippen LogP contribution in [-0.2, 0) is 11.8 Å². The molecule has 3 heterocycles. The second-order valence-corrected chi connectivity index (χ2v) is 7.82. The number of hydrogen-bond donors (Lipinski definition) is 0. The highest BCUT2D eigenvalue weighted by molar-refractivity contribution is 6.00. The van der Waals surface area contributed by atoms with Crippen LogP contribution in [0.5, 0.6) is 0 Å². The first kappa shape index (κ1) is 16.8. The van der Waals surface area contributed by atoms with Crippen LogP contribution in [-0.4, -0.2) is 46.5 Å². The molecule has 5 rings (SSSR count). The maximum absolute atomic E-state index is 13.1. The van der Waals surface area contributed by atoms with E-state index in [9.17, 15) is 4.79 Å². The summed E-state index contributed by atoms with van der Waals surface area (Å²) in [6, 6.07) is 23.2. The van der Waals surface area contributed by atoms with Gasteiger partial charge in [-0.15, -0.1) is 0 Å². The summed E-state index contributed by atoms with van der Waals surface area (Å²) in [6.07, 6.45) is 4.88. The van der Waals surface area contributed by atoms with E-state index in [0.717, 1.165) is 24.3 Å². The molecule has 32 heavy (non-hydrogen) atoms.